The smallest absolute Gasteiger partial charge is 0.259 e. The van der Waals surface area contributed by atoms with Crippen LogP contribution in [0.5, 0.6) is 0 Å². The fourth-order valence-corrected chi connectivity index (χ4v) is 3.96. The van der Waals surface area contributed by atoms with Gasteiger partial charge in [-0.15, -0.1) is 0 Å². The lowest BCUT2D eigenvalue weighted by Crippen LogP contribution is -2.39. The van der Waals surface area contributed by atoms with Gasteiger partial charge in [0, 0.05) is 38.6 Å². The number of carbonyl (C=O) groups is 2. The molecule has 1 N–H and O–H groups in total. The summed E-state index contributed by atoms with van der Waals surface area (Å²) in [5.74, 6) is -0.101. The standard InChI is InChI=1S/C21H31N3O3/c1-3-11-23(12-15-9-10-15)21(27)18-14-24(16-7-5-4-6-8-16)13-17(19(18)25)20(26)22-2/h13-16H,3-12H2,1-2H3,(H,22,26). The monoisotopic (exact) mass is 373 g/mol. The van der Waals surface area contributed by atoms with Gasteiger partial charge in [-0.1, -0.05) is 26.2 Å². The number of carbonyl (C=O) groups excluding carboxylic acids is 2. The molecule has 0 unspecified atom stereocenters. The summed E-state index contributed by atoms with van der Waals surface area (Å²) >= 11 is 0. The third kappa shape index (κ3) is 4.60. The maximum absolute atomic E-state index is 13.2. The van der Waals surface area contributed by atoms with E-state index in [9.17, 15) is 14.4 Å². The molecule has 0 aromatic carbocycles. The van der Waals surface area contributed by atoms with E-state index in [1.807, 2.05) is 11.5 Å². The van der Waals surface area contributed by atoms with Crippen molar-refractivity contribution in [3.63, 3.8) is 0 Å². The molecule has 1 aromatic rings. The van der Waals surface area contributed by atoms with Crippen LogP contribution in [0, 0.1) is 5.92 Å². The second-order valence-electron chi connectivity index (χ2n) is 7.93. The number of aromatic nitrogens is 1. The van der Waals surface area contributed by atoms with Gasteiger partial charge in [0.05, 0.1) is 0 Å². The van der Waals surface area contributed by atoms with Crippen molar-refractivity contribution in [3.05, 3.63) is 33.7 Å². The normalized spacial score (nSPS) is 17.6. The minimum atomic E-state index is -0.455. The molecule has 0 saturated heterocycles. The van der Waals surface area contributed by atoms with Gasteiger partial charge in [0.15, 0.2) is 0 Å². The van der Waals surface area contributed by atoms with E-state index in [-0.39, 0.29) is 23.1 Å². The number of amides is 2. The number of hydrogen-bond acceptors (Lipinski definition) is 3. The van der Waals surface area contributed by atoms with Crippen molar-refractivity contribution < 1.29 is 9.59 Å². The fourth-order valence-electron chi connectivity index (χ4n) is 3.96. The Bertz CT molecular complexity index is 746. The average molecular weight is 373 g/mol. The number of nitrogens with one attached hydrogen (secondary N) is 1. The number of pyridine rings is 1. The molecule has 2 fully saturated rings. The van der Waals surface area contributed by atoms with Crippen molar-refractivity contribution in [3.8, 4) is 0 Å². The van der Waals surface area contributed by atoms with Crippen LogP contribution >= 0.6 is 0 Å². The lowest BCUT2D eigenvalue weighted by atomic mass is 9.95. The molecule has 0 spiro atoms. The summed E-state index contributed by atoms with van der Waals surface area (Å²) < 4.78 is 1.94. The molecular formula is C21H31N3O3. The highest BCUT2D eigenvalue weighted by atomic mass is 16.2. The summed E-state index contributed by atoms with van der Waals surface area (Å²) in [7, 11) is 1.51. The summed E-state index contributed by atoms with van der Waals surface area (Å²) in [6, 6.07) is 0.248. The molecular weight excluding hydrogens is 342 g/mol. The maximum atomic E-state index is 13.2. The van der Waals surface area contributed by atoms with Gasteiger partial charge < -0.3 is 14.8 Å². The maximum Gasteiger partial charge on any atom is 0.259 e. The van der Waals surface area contributed by atoms with Gasteiger partial charge in [0.25, 0.3) is 11.8 Å². The zero-order chi connectivity index (χ0) is 19.4. The molecule has 3 rings (SSSR count). The van der Waals surface area contributed by atoms with Crippen LogP contribution < -0.4 is 10.7 Å². The van der Waals surface area contributed by atoms with E-state index >= 15 is 0 Å². The van der Waals surface area contributed by atoms with Crippen molar-refractivity contribution in [2.45, 2.75) is 64.3 Å². The van der Waals surface area contributed by atoms with Gasteiger partial charge in [0.1, 0.15) is 11.1 Å². The van der Waals surface area contributed by atoms with Gasteiger partial charge in [-0.3, -0.25) is 14.4 Å². The van der Waals surface area contributed by atoms with Crippen LogP contribution in [0.1, 0.15) is 85.0 Å². The first kappa shape index (κ1) is 19.6. The number of nitrogens with zero attached hydrogens (tertiary/aromatic N) is 2. The molecule has 0 bridgehead atoms. The van der Waals surface area contributed by atoms with Crippen molar-refractivity contribution in [2.24, 2.45) is 5.92 Å². The Morgan fingerprint density at radius 1 is 1.11 bits per heavy atom. The van der Waals surface area contributed by atoms with Crippen LogP contribution in [0.2, 0.25) is 0 Å². The molecule has 2 saturated carbocycles. The first-order valence-corrected chi connectivity index (χ1v) is 10.3. The fraction of sp³-hybridized carbons (Fsp3) is 0.667. The van der Waals surface area contributed by atoms with Crippen LogP contribution in [0.4, 0.5) is 0 Å². The van der Waals surface area contributed by atoms with Crippen molar-refractivity contribution in [1.29, 1.82) is 0 Å². The molecule has 2 aliphatic carbocycles. The van der Waals surface area contributed by atoms with Gasteiger partial charge in [-0.2, -0.15) is 0 Å². The molecule has 6 heteroatoms. The molecule has 1 aromatic heterocycles. The van der Waals surface area contributed by atoms with Gasteiger partial charge in [-0.25, -0.2) is 0 Å². The Morgan fingerprint density at radius 3 is 2.37 bits per heavy atom. The summed E-state index contributed by atoms with van der Waals surface area (Å²) in [6.45, 7) is 3.39. The SMILES string of the molecule is CCCN(CC1CC1)C(=O)c1cn(C2CCCCC2)cc(C(=O)NC)c1=O. The molecule has 0 aliphatic heterocycles. The zero-order valence-corrected chi connectivity index (χ0v) is 16.5. The van der Waals surface area contributed by atoms with Gasteiger partial charge in [-0.05, 0) is 38.0 Å². The largest absolute Gasteiger partial charge is 0.355 e. The quantitative estimate of drug-likeness (QED) is 0.799. The minimum Gasteiger partial charge on any atom is -0.355 e. The van der Waals surface area contributed by atoms with E-state index in [0.29, 0.717) is 19.0 Å². The Morgan fingerprint density at radius 2 is 1.78 bits per heavy atom. The van der Waals surface area contributed by atoms with Gasteiger partial charge in [0.2, 0.25) is 5.43 Å². The van der Waals surface area contributed by atoms with Crippen LogP contribution in [0.3, 0.4) is 0 Å². The molecule has 2 aliphatic rings. The minimum absolute atomic E-state index is 0.0665. The first-order valence-electron chi connectivity index (χ1n) is 10.3. The zero-order valence-electron chi connectivity index (χ0n) is 16.5. The average Bonchev–Trinajstić information content (AvgIpc) is 3.51. The van der Waals surface area contributed by atoms with Crippen molar-refractivity contribution >= 4 is 11.8 Å². The highest BCUT2D eigenvalue weighted by molar-refractivity contribution is 5.99. The Labute approximate surface area is 160 Å². The summed E-state index contributed by atoms with van der Waals surface area (Å²) in [5.41, 5.74) is -0.254. The summed E-state index contributed by atoms with van der Waals surface area (Å²) in [5, 5.41) is 2.54. The molecule has 0 radical (unpaired) electrons. The Kier molecular flexibility index (Phi) is 6.34. The topological polar surface area (TPSA) is 71.4 Å². The van der Waals surface area contributed by atoms with Crippen LogP contribution in [-0.2, 0) is 0 Å². The lowest BCUT2D eigenvalue weighted by Gasteiger charge is -2.27. The molecule has 6 nitrogen and oxygen atoms in total. The van der Waals surface area contributed by atoms with Gasteiger partial charge >= 0.3 is 0 Å². The molecule has 27 heavy (non-hydrogen) atoms. The van der Waals surface area contributed by atoms with E-state index < -0.39 is 11.3 Å². The Hall–Kier alpha value is -2.11. The third-order valence-corrected chi connectivity index (χ3v) is 5.70. The highest BCUT2D eigenvalue weighted by Gasteiger charge is 2.29. The predicted molar refractivity (Wildman–Crippen MR) is 105 cm³/mol. The predicted octanol–water partition coefficient (Wildman–Crippen LogP) is 2.98. The molecule has 0 atom stereocenters. The van der Waals surface area contributed by atoms with Crippen LogP contribution in [-0.4, -0.2) is 41.4 Å². The third-order valence-electron chi connectivity index (χ3n) is 5.70. The molecule has 1 heterocycles. The second-order valence-corrected chi connectivity index (χ2v) is 7.93. The van der Waals surface area contributed by atoms with E-state index in [1.165, 1.54) is 13.5 Å². The number of hydrogen-bond donors (Lipinski definition) is 1. The summed E-state index contributed by atoms with van der Waals surface area (Å²) in [6.07, 6.45) is 12.0. The number of rotatable bonds is 7. The molecule has 2 amide bonds. The highest BCUT2D eigenvalue weighted by Crippen LogP contribution is 2.31. The van der Waals surface area contributed by atoms with E-state index in [4.69, 9.17) is 0 Å². The van der Waals surface area contributed by atoms with Crippen LogP contribution in [0.15, 0.2) is 17.2 Å². The first-order chi connectivity index (χ1) is 13.0. The van der Waals surface area contributed by atoms with Crippen LogP contribution in [0.25, 0.3) is 0 Å². The van der Waals surface area contributed by atoms with E-state index in [2.05, 4.69) is 5.32 Å². The van der Waals surface area contributed by atoms with Crippen molar-refractivity contribution in [1.82, 2.24) is 14.8 Å². The lowest BCUT2D eigenvalue weighted by molar-refractivity contribution is 0.0745. The van der Waals surface area contributed by atoms with E-state index in [0.717, 1.165) is 44.9 Å². The Balaban J connectivity index is 1.99. The molecule has 148 valence electrons. The van der Waals surface area contributed by atoms with E-state index in [1.54, 1.807) is 17.3 Å². The van der Waals surface area contributed by atoms with Crippen molar-refractivity contribution in [2.75, 3.05) is 20.1 Å². The summed E-state index contributed by atoms with van der Waals surface area (Å²) in [4.78, 5) is 40.2. The second kappa shape index (κ2) is 8.72.